The maximum Gasteiger partial charge on any atom is 0.407 e. The Morgan fingerprint density at radius 2 is 1.89 bits per heavy atom. The number of carbonyl (C=O) groups excluding carboxylic acids is 2. The lowest BCUT2D eigenvalue weighted by Crippen LogP contribution is -2.40. The lowest BCUT2D eigenvalue weighted by molar-refractivity contribution is -0.134. The van der Waals surface area contributed by atoms with E-state index in [2.05, 4.69) is 23.5 Å². The van der Waals surface area contributed by atoms with Gasteiger partial charge in [0.2, 0.25) is 5.91 Å². The largest absolute Gasteiger partial charge is 0.444 e. The first-order chi connectivity index (χ1) is 12.8. The summed E-state index contributed by atoms with van der Waals surface area (Å²) in [5.74, 6) is 0.212. The Bertz CT molecular complexity index is 706. The van der Waals surface area contributed by atoms with Crippen molar-refractivity contribution < 1.29 is 14.3 Å². The van der Waals surface area contributed by atoms with Gasteiger partial charge in [-0.1, -0.05) is 36.4 Å². The van der Waals surface area contributed by atoms with Crippen molar-refractivity contribution in [3.63, 3.8) is 0 Å². The highest BCUT2D eigenvalue weighted by Crippen LogP contribution is 2.30. The van der Waals surface area contributed by atoms with E-state index in [1.54, 1.807) is 0 Å². The maximum absolute atomic E-state index is 12.9. The number of alkyl carbamates (subject to hydrolysis) is 1. The molecule has 5 heteroatoms. The predicted molar refractivity (Wildman–Crippen MR) is 106 cm³/mol. The average Bonchev–Trinajstić information content (AvgIpc) is 3.08. The minimum Gasteiger partial charge on any atom is -0.444 e. The molecule has 1 aliphatic carbocycles. The third kappa shape index (κ3) is 5.34. The van der Waals surface area contributed by atoms with E-state index in [1.165, 1.54) is 11.1 Å². The average molecular weight is 370 g/mol. The monoisotopic (exact) mass is 370 g/mol. The molecule has 0 saturated heterocycles. The zero-order valence-electron chi connectivity index (χ0n) is 16.5. The van der Waals surface area contributed by atoms with E-state index in [-0.39, 0.29) is 17.9 Å². The second kappa shape index (κ2) is 8.15. The number of nitrogens with zero attached hydrogens (tertiary/aromatic N) is 1. The highest BCUT2D eigenvalue weighted by molar-refractivity contribution is 5.81. The number of nitrogens with one attached hydrogen (secondary N) is 1. The Hall–Kier alpha value is -2.30. The van der Waals surface area contributed by atoms with Gasteiger partial charge in [-0.15, -0.1) is 0 Å². The summed E-state index contributed by atoms with van der Waals surface area (Å²) in [6, 6.07) is 10.4. The van der Waals surface area contributed by atoms with Gasteiger partial charge in [0.15, 0.2) is 0 Å². The number of hydrogen-bond acceptors (Lipinski definition) is 3. The van der Waals surface area contributed by atoms with Crippen LogP contribution >= 0.6 is 0 Å². The fourth-order valence-corrected chi connectivity index (χ4v) is 3.85. The van der Waals surface area contributed by atoms with Gasteiger partial charge in [-0.25, -0.2) is 4.79 Å². The highest BCUT2D eigenvalue weighted by Gasteiger charge is 2.34. The van der Waals surface area contributed by atoms with Gasteiger partial charge in [-0.2, -0.15) is 0 Å². The van der Waals surface area contributed by atoms with Crippen molar-refractivity contribution in [3.8, 4) is 0 Å². The lowest BCUT2D eigenvalue weighted by Gasteiger charge is -2.29. The molecule has 1 aromatic carbocycles. The summed E-state index contributed by atoms with van der Waals surface area (Å²) in [7, 11) is 0. The fraction of sp³-hybridized carbons (Fsp3) is 0.545. The van der Waals surface area contributed by atoms with Crippen LogP contribution in [0.4, 0.5) is 4.79 Å². The molecule has 1 aromatic rings. The molecule has 0 radical (unpaired) electrons. The molecule has 2 atom stereocenters. The van der Waals surface area contributed by atoms with E-state index in [1.807, 2.05) is 43.9 Å². The molecule has 2 unspecified atom stereocenters. The molecule has 0 spiro atoms. The number of hydrogen-bond donors (Lipinski definition) is 1. The zero-order chi connectivity index (χ0) is 19.4. The molecule has 27 heavy (non-hydrogen) atoms. The molecule has 2 amide bonds. The third-order valence-corrected chi connectivity index (χ3v) is 5.17. The van der Waals surface area contributed by atoms with Crippen molar-refractivity contribution in [2.24, 2.45) is 5.92 Å². The molecule has 146 valence electrons. The van der Waals surface area contributed by atoms with Crippen LogP contribution < -0.4 is 5.32 Å². The van der Waals surface area contributed by atoms with Crippen molar-refractivity contribution in [3.05, 3.63) is 42.0 Å². The van der Waals surface area contributed by atoms with Gasteiger partial charge in [0.1, 0.15) is 5.60 Å². The summed E-state index contributed by atoms with van der Waals surface area (Å²) >= 11 is 0. The number of rotatable bonds is 3. The summed E-state index contributed by atoms with van der Waals surface area (Å²) in [4.78, 5) is 26.7. The van der Waals surface area contributed by atoms with Gasteiger partial charge in [0.25, 0.3) is 0 Å². The molecule has 0 bridgehead atoms. The van der Waals surface area contributed by atoms with E-state index in [0.717, 1.165) is 25.8 Å². The molecule has 1 N–H and O–H groups in total. The second-order valence-corrected chi connectivity index (χ2v) is 8.48. The molecule has 2 aliphatic rings. The highest BCUT2D eigenvalue weighted by atomic mass is 16.6. The van der Waals surface area contributed by atoms with Crippen LogP contribution in [0.1, 0.15) is 52.0 Å². The van der Waals surface area contributed by atoms with Crippen LogP contribution in [-0.4, -0.2) is 41.6 Å². The maximum atomic E-state index is 12.9. The third-order valence-electron chi connectivity index (χ3n) is 5.17. The first kappa shape index (κ1) is 19.5. The number of ether oxygens (including phenoxy) is 1. The molecule has 1 heterocycles. The summed E-state index contributed by atoms with van der Waals surface area (Å²) < 4.78 is 5.31. The SMILES string of the molecule is CC(C)(C)OC(=O)NC1CCC(C(=O)N2CC=C(c3ccccc3)CC2)C1. The van der Waals surface area contributed by atoms with Crippen LogP contribution in [0.25, 0.3) is 5.57 Å². The van der Waals surface area contributed by atoms with E-state index in [0.29, 0.717) is 13.0 Å². The fourth-order valence-electron chi connectivity index (χ4n) is 3.85. The summed E-state index contributed by atoms with van der Waals surface area (Å²) in [5.41, 5.74) is 2.05. The molecular weight excluding hydrogens is 340 g/mol. The van der Waals surface area contributed by atoms with Gasteiger partial charge >= 0.3 is 6.09 Å². The van der Waals surface area contributed by atoms with E-state index in [4.69, 9.17) is 4.74 Å². The standard InChI is InChI=1S/C22H30N2O3/c1-22(2,3)27-21(26)23-19-10-9-18(15-19)20(25)24-13-11-17(12-14-24)16-7-5-4-6-8-16/h4-8,11,18-19H,9-10,12-15H2,1-3H3,(H,23,26). The Morgan fingerprint density at radius 3 is 2.52 bits per heavy atom. The van der Waals surface area contributed by atoms with Crippen LogP contribution in [0.2, 0.25) is 0 Å². The van der Waals surface area contributed by atoms with Crippen molar-refractivity contribution in [2.75, 3.05) is 13.1 Å². The van der Waals surface area contributed by atoms with Gasteiger partial charge in [-0.05, 0) is 57.6 Å². The summed E-state index contributed by atoms with van der Waals surface area (Å²) in [5, 5.41) is 2.91. The Kier molecular flexibility index (Phi) is 5.88. The first-order valence-corrected chi connectivity index (χ1v) is 9.84. The van der Waals surface area contributed by atoms with Gasteiger partial charge in [0.05, 0.1) is 0 Å². The van der Waals surface area contributed by atoms with Gasteiger partial charge in [-0.3, -0.25) is 4.79 Å². The molecule has 3 rings (SSSR count). The minimum atomic E-state index is -0.505. The molecule has 1 aliphatic heterocycles. The van der Waals surface area contributed by atoms with E-state index >= 15 is 0 Å². The van der Waals surface area contributed by atoms with Crippen LogP contribution in [0, 0.1) is 5.92 Å². The van der Waals surface area contributed by atoms with Crippen molar-refractivity contribution in [1.82, 2.24) is 10.2 Å². The Morgan fingerprint density at radius 1 is 1.15 bits per heavy atom. The minimum absolute atomic E-state index is 0.00314. The second-order valence-electron chi connectivity index (χ2n) is 8.48. The number of amides is 2. The van der Waals surface area contributed by atoms with Crippen LogP contribution in [-0.2, 0) is 9.53 Å². The number of benzene rings is 1. The van der Waals surface area contributed by atoms with Crippen molar-refractivity contribution in [1.29, 1.82) is 0 Å². The quantitative estimate of drug-likeness (QED) is 0.875. The molecule has 1 fully saturated rings. The Balaban J connectivity index is 1.50. The van der Waals surface area contributed by atoms with Crippen LogP contribution in [0.5, 0.6) is 0 Å². The lowest BCUT2D eigenvalue weighted by atomic mass is 9.98. The van der Waals surface area contributed by atoms with Crippen LogP contribution in [0.15, 0.2) is 36.4 Å². The normalized spacial score (nSPS) is 22.9. The first-order valence-electron chi connectivity index (χ1n) is 9.84. The Labute approximate surface area is 161 Å². The van der Waals surface area contributed by atoms with E-state index < -0.39 is 11.7 Å². The smallest absolute Gasteiger partial charge is 0.407 e. The van der Waals surface area contributed by atoms with Gasteiger partial charge < -0.3 is 15.0 Å². The van der Waals surface area contributed by atoms with Crippen molar-refractivity contribution >= 4 is 17.6 Å². The topological polar surface area (TPSA) is 58.6 Å². The summed E-state index contributed by atoms with van der Waals surface area (Å²) in [6.45, 7) is 6.98. The van der Waals surface area contributed by atoms with Crippen molar-refractivity contribution in [2.45, 2.75) is 58.1 Å². The van der Waals surface area contributed by atoms with Gasteiger partial charge in [0, 0.05) is 25.0 Å². The van der Waals surface area contributed by atoms with E-state index in [9.17, 15) is 9.59 Å². The molecule has 0 aromatic heterocycles. The molecular formula is C22H30N2O3. The zero-order valence-corrected chi connectivity index (χ0v) is 16.5. The molecule has 1 saturated carbocycles. The predicted octanol–water partition coefficient (Wildman–Crippen LogP) is 4.00. The summed E-state index contributed by atoms with van der Waals surface area (Å²) in [6.07, 6.45) is 5.02. The number of carbonyl (C=O) groups is 2. The molecule has 5 nitrogen and oxygen atoms in total. The van der Waals surface area contributed by atoms with Crippen LogP contribution in [0.3, 0.4) is 0 Å².